The summed E-state index contributed by atoms with van der Waals surface area (Å²) in [5, 5.41) is 6.52. The number of rotatable bonds is 7. The monoisotopic (exact) mass is 402 g/mol. The van der Waals surface area contributed by atoms with Crippen molar-refractivity contribution in [3.05, 3.63) is 35.9 Å². The molecule has 1 aromatic carbocycles. The second-order valence-electron chi connectivity index (χ2n) is 7.44. The molecule has 0 bridgehead atoms. The van der Waals surface area contributed by atoms with Crippen molar-refractivity contribution in [3.63, 3.8) is 0 Å². The minimum absolute atomic E-state index is 0.113. The van der Waals surface area contributed by atoms with Crippen molar-refractivity contribution in [2.75, 3.05) is 31.6 Å². The topological polar surface area (TPSA) is 77.5 Å². The van der Waals surface area contributed by atoms with Crippen LogP contribution >= 0.6 is 0 Å². The third-order valence-electron chi connectivity index (χ3n) is 5.25. The van der Waals surface area contributed by atoms with Crippen molar-refractivity contribution in [2.45, 2.75) is 44.8 Å². The Kier molecular flexibility index (Phi) is 6.41. The molecule has 29 heavy (non-hydrogen) atoms. The van der Waals surface area contributed by atoms with E-state index in [9.17, 15) is 4.39 Å². The van der Waals surface area contributed by atoms with Gasteiger partial charge in [0.1, 0.15) is 12.4 Å². The van der Waals surface area contributed by atoms with Gasteiger partial charge < -0.3 is 24.8 Å². The molecule has 3 heterocycles. The predicted octanol–water partition coefficient (Wildman–Crippen LogP) is 3.44. The smallest absolute Gasteiger partial charge is 0.229 e. The number of hydrogen-bond donors (Lipinski definition) is 2. The summed E-state index contributed by atoms with van der Waals surface area (Å²) in [6.45, 7) is 5.14. The number of hydrogen-bond acceptors (Lipinski definition) is 7. The number of nitrogens with zero attached hydrogens (tertiary/aromatic N) is 2. The Balaban J connectivity index is 1.40. The molecule has 156 valence electrons. The first-order valence-corrected chi connectivity index (χ1v) is 10.2. The van der Waals surface area contributed by atoms with E-state index in [1.54, 1.807) is 12.1 Å². The molecule has 0 radical (unpaired) electrons. The first-order valence-electron chi connectivity index (χ1n) is 10.2. The number of anilines is 1. The summed E-state index contributed by atoms with van der Waals surface area (Å²) in [6, 6.07) is 4.81. The van der Waals surface area contributed by atoms with E-state index in [1.807, 2.05) is 6.92 Å². The second kappa shape index (κ2) is 9.37. The van der Waals surface area contributed by atoms with Crippen molar-refractivity contribution in [3.8, 4) is 17.5 Å². The molecule has 2 aliphatic heterocycles. The molecular weight excluding hydrogens is 375 g/mol. The zero-order valence-electron chi connectivity index (χ0n) is 16.6. The standard InChI is InChI=1S/C21H27FN4O3/c1-14-20(28-16-6-8-23-9-7-16)25-13-26-21(14)29-19-5-4-15(11-18(19)22)24-12-17-3-2-10-27-17/h4-5,11,13,16-17,23-24H,2-3,6-10,12H2,1H3. The molecule has 7 nitrogen and oxygen atoms in total. The number of piperidine rings is 1. The highest BCUT2D eigenvalue weighted by Gasteiger charge is 2.19. The highest BCUT2D eigenvalue weighted by atomic mass is 19.1. The lowest BCUT2D eigenvalue weighted by Gasteiger charge is -2.24. The minimum Gasteiger partial charge on any atom is -0.474 e. The molecule has 2 saturated heterocycles. The van der Waals surface area contributed by atoms with Crippen molar-refractivity contribution in [2.24, 2.45) is 0 Å². The molecule has 1 atom stereocenters. The Morgan fingerprint density at radius 3 is 2.79 bits per heavy atom. The van der Waals surface area contributed by atoms with Gasteiger partial charge in [-0.15, -0.1) is 0 Å². The summed E-state index contributed by atoms with van der Waals surface area (Å²) in [7, 11) is 0. The summed E-state index contributed by atoms with van der Waals surface area (Å²) < 4.78 is 31.9. The van der Waals surface area contributed by atoms with Gasteiger partial charge in [0.05, 0.1) is 11.7 Å². The molecule has 0 spiro atoms. The van der Waals surface area contributed by atoms with E-state index in [-0.39, 0.29) is 18.0 Å². The lowest BCUT2D eigenvalue weighted by Crippen LogP contribution is -2.34. The highest BCUT2D eigenvalue weighted by Crippen LogP contribution is 2.31. The van der Waals surface area contributed by atoms with Crippen LogP contribution in [-0.2, 0) is 4.74 Å². The molecule has 2 aliphatic rings. The van der Waals surface area contributed by atoms with Gasteiger partial charge in [-0.2, -0.15) is 0 Å². The second-order valence-corrected chi connectivity index (χ2v) is 7.44. The van der Waals surface area contributed by atoms with E-state index in [0.29, 0.717) is 29.6 Å². The van der Waals surface area contributed by atoms with E-state index in [0.717, 1.165) is 45.4 Å². The number of halogens is 1. The van der Waals surface area contributed by atoms with Gasteiger partial charge in [0, 0.05) is 24.9 Å². The molecule has 4 rings (SSSR count). The fourth-order valence-corrected chi connectivity index (χ4v) is 3.55. The maximum atomic E-state index is 14.6. The largest absolute Gasteiger partial charge is 0.474 e. The number of nitrogens with one attached hydrogen (secondary N) is 2. The van der Waals surface area contributed by atoms with Gasteiger partial charge in [-0.3, -0.25) is 0 Å². The van der Waals surface area contributed by atoms with Crippen LogP contribution in [0.4, 0.5) is 10.1 Å². The number of ether oxygens (including phenoxy) is 3. The van der Waals surface area contributed by atoms with Crippen LogP contribution in [0.15, 0.2) is 24.5 Å². The zero-order chi connectivity index (χ0) is 20.1. The van der Waals surface area contributed by atoms with Crippen LogP contribution in [0.1, 0.15) is 31.2 Å². The molecule has 8 heteroatoms. The molecule has 2 fully saturated rings. The van der Waals surface area contributed by atoms with E-state index in [4.69, 9.17) is 14.2 Å². The summed E-state index contributed by atoms with van der Waals surface area (Å²) >= 11 is 0. The Labute approximate surface area is 170 Å². The van der Waals surface area contributed by atoms with Gasteiger partial charge >= 0.3 is 0 Å². The molecular formula is C21H27FN4O3. The van der Waals surface area contributed by atoms with Gasteiger partial charge in [0.2, 0.25) is 11.8 Å². The van der Waals surface area contributed by atoms with Gasteiger partial charge in [-0.25, -0.2) is 14.4 Å². The summed E-state index contributed by atoms with van der Waals surface area (Å²) in [5.41, 5.74) is 1.35. The van der Waals surface area contributed by atoms with Gasteiger partial charge in [-0.1, -0.05) is 0 Å². The average Bonchev–Trinajstić information content (AvgIpc) is 3.25. The summed E-state index contributed by atoms with van der Waals surface area (Å²) in [5.74, 6) is 0.434. The van der Waals surface area contributed by atoms with Crippen molar-refractivity contribution in [1.82, 2.24) is 15.3 Å². The number of benzene rings is 1. The molecule has 2 aromatic rings. The fourth-order valence-electron chi connectivity index (χ4n) is 3.55. The number of aromatic nitrogens is 2. The molecule has 0 saturated carbocycles. The Morgan fingerprint density at radius 2 is 2.03 bits per heavy atom. The zero-order valence-corrected chi connectivity index (χ0v) is 16.6. The lowest BCUT2D eigenvalue weighted by atomic mass is 10.1. The quantitative estimate of drug-likeness (QED) is 0.735. The van der Waals surface area contributed by atoms with E-state index < -0.39 is 5.82 Å². The van der Waals surface area contributed by atoms with Crippen molar-refractivity contribution >= 4 is 5.69 Å². The van der Waals surface area contributed by atoms with E-state index >= 15 is 0 Å². The van der Waals surface area contributed by atoms with Crippen LogP contribution in [0.3, 0.4) is 0 Å². The van der Waals surface area contributed by atoms with Crippen LogP contribution in [0.25, 0.3) is 0 Å². The normalized spacial score (nSPS) is 19.9. The van der Waals surface area contributed by atoms with Crippen molar-refractivity contribution < 1.29 is 18.6 Å². The fraction of sp³-hybridized carbons (Fsp3) is 0.524. The van der Waals surface area contributed by atoms with Crippen LogP contribution in [0.2, 0.25) is 0 Å². The highest BCUT2D eigenvalue weighted by molar-refractivity contribution is 5.48. The van der Waals surface area contributed by atoms with Crippen LogP contribution in [0, 0.1) is 12.7 Å². The Morgan fingerprint density at radius 1 is 1.21 bits per heavy atom. The van der Waals surface area contributed by atoms with Crippen LogP contribution < -0.4 is 20.1 Å². The molecule has 0 aliphatic carbocycles. The summed E-state index contributed by atoms with van der Waals surface area (Å²) in [4.78, 5) is 8.38. The van der Waals surface area contributed by atoms with E-state index in [2.05, 4.69) is 20.6 Å². The van der Waals surface area contributed by atoms with Gasteiger partial charge in [-0.05, 0) is 57.8 Å². The maximum absolute atomic E-state index is 14.6. The third-order valence-corrected chi connectivity index (χ3v) is 5.25. The Hall–Kier alpha value is -2.45. The van der Waals surface area contributed by atoms with Gasteiger partial charge in [0.15, 0.2) is 11.6 Å². The first-order chi connectivity index (χ1) is 14.2. The predicted molar refractivity (Wildman–Crippen MR) is 107 cm³/mol. The van der Waals surface area contributed by atoms with Crippen LogP contribution in [-0.4, -0.2) is 48.4 Å². The molecule has 0 amide bonds. The average molecular weight is 402 g/mol. The molecule has 1 aromatic heterocycles. The maximum Gasteiger partial charge on any atom is 0.229 e. The Bertz CT molecular complexity index is 824. The lowest BCUT2D eigenvalue weighted by molar-refractivity contribution is 0.120. The first kappa shape index (κ1) is 19.8. The van der Waals surface area contributed by atoms with Crippen molar-refractivity contribution in [1.29, 1.82) is 0 Å². The SMILES string of the molecule is Cc1c(Oc2ccc(NCC3CCCO3)cc2F)ncnc1OC1CCNCC1. The molecule has 1 unspecified atom stereocenters. The van der Waals surface area contributed by atoms with Crippen LogP contribution in [0.5, 0.6) is 17.5 Å². The minimum atomic E-state index is -0.457. The summed E-state index contributed by atoms with van der Waals surface area (Å²) in [6.07, 6.45) is 5.65. The third kappa shape index (κ3) is 5.13. The van der Waals surface area contributed by atoms with E-state index in [1.165, 1.54) is 12.4 Å². The van der Waals surface area contributed by atoms with Gasteiger partial charge in [0.25, 0.3) is 0 Å². The molecule has 2 N–H and O–H groups in total.